The molecule has 2 aromatic carbocycles. The van der Waals surface area contributed by atoms with Crippen LogP contribution in [0.1, 0.15) is 33.2 Å². The summed E-state index contributed by atoms with van der Waals surface area (Å²) in [5.41, 5.74) is -0.499. The number of fused-ring (bicyclic) bond motifs is 1. The van der Waals surface area contributed by atoms with Crippen LogP contribution in [0, 0.1) is 0 Å². The SMILES string of the molecule is CCc1cc2cccnc2n(N(C(=O)c2c(Cl)cccc2Cl)C(=O)c2c(Cl)cccc2Cl)c1=O. The number of aromatic nitrogens is 2. The summed E-state index contributed by atoms with van der Waals surface area (Å²) in [4.78, 5) is 45.5. The Balaban J connectivity index is 2.10. The highest BCUT2D eigenvalue weighted by molar-refractivity contribution is 6.44. The molecule has 0 spiro atoms. The molecule has 0 radical (unpaired) electrons. The summed E-state index contributed by atoms with van der Waals surface area (Å²) in [5, 5.41) is 1.17. The third kappa shape index (κ3) is 4.18. The van der Waals surface area contributed by atoms with Crippen LogP contribution in [0.4, 0.5) is 0 Å². The van der Waals surface area contributed by atoms with Crippen molar-refractivity contribution in [2.75, 3.05) is 5.01 Å². The first-order valence-electron chi connectivity index (χ1n) is 10.0. The van der Waals surface area contributed by atoms with Crippen LogP contribution in [-0.2, 0) is 6.42 Å². The Morgan fingerprint density at radius 3 is 1.82 bits per heavy atom. The van der Waals surface area contributed by atoms with Gasteiger partial charge in [0.2, 0.25) is 0 Å². The van der Waals surface area contributed by atoms with E-state index in [1.165, 1.54) is 30.5 Å². The maximum atomic E-state index is 13.9. The molecule has 0 unspecified atom stereocenters. The van der Waals surface area contributed by atoms with Crippen molar-refractivity contribution in [3.05, 3.63) is 108 Å². The zero-order chi connectivity index (χ0) is 24.6. The van der Waals surface area contributed by atoms with Crippen molar-refractivity contribution in [1.82, 2.24) is 9.66 Å². The first kappa shape index (κ1) is 24.2. The zero-order valence-electron chi connectivity index (χ0n) is 17.6. The number of carbonyl (C=O) groups is 2. The molecule has 2 aromatic heterocycles. The molecule has 0 fully saturated rings. The van der Waals surface area contributed by atoms with E-state index in [1.54, 1.807) is 37.3 Å². The average molecular weight is 535 g/mol. The summed E-state index contributed by atoms with van der Waals surface area (Å²) >= 11 is 25.1. The molecule has 2 heterocycles. The van der Waals surface area contributed by atoms with Gasteiger partial charge in [0.1, 0.15) is 0 Å². The molecule has 0 bridgehead atoms. The second-order valence-electron chi connectivity index (χ2n) is 7.17. The van der Waals surface area contributed by atoms with Crippen LogP contribution >= 0.6 is 46.4 Å². The highest BCUT2D eigenvalue weighted by Gasteiger charge is 2.34. The van der Waals surface area contributed by atoms with Crippen LogP contribution in [0.3, 0.4) is 0 Å². The van der Waals surface area contributed by atoms with Crippen molar-refractivity contribution in [2.45, 2.75) is 13.3 Å². The summed E-state index contributed by atoms with van der Waals surface area (Å²) < 4.78 is 0.915. The fourth-order valence-electron chi connectivity index (χ4n) is 3.51. The lowest BCUT2D eigenvalue weighted by Crippen LogP contribution is -2.51. The first-order valence-corrected chi connectivity index (χ1v) is 11.5. The van der Waals surface area contributed by atoms with Crippen LogP contribution < -0.4 is 10.6 Å². The van der Waals surface area contributed by atoms with Gasteiger partial charge in [-0.15, -0.1) is 0 Å². The van der Waals surface area contributed by atoms with Gasteiger partial charge in [0.25, 0.3) is 17.4 Å². The molecule has 34 heavy (non-hydrogen) atoms. The van der Waals surface area contributed by atoms with E-state index in [9.17, 15) is 14.4 Å². The predicted molar refractivity (Wildman–Crippen MR) is 135 cm³/mol. The van der Waals surface area contributed by atoms with Gasteiger partial charge in [-0.25, -0.2) is 4.98 Å². The Morgan fingerprint density at radius 2 is 1.35 bits per heavy atom. The Morgan fingerprint density at radius 1 is 0.853 bits per heavy atom. The minimum atomic E-state index is -0.945. The number of nitrogens with zero attached hydrogens (tertiary/aromatic N) is 3. The number of imide groups is 1. The largest absolute Gasteiger partial charge is 0.283 e. The Bertz CT molecular complexity index is 1410. The number of halogens is 4. The molecule has 6 nitrogen and oxygen atoms in total. The van der Waals surface area contributed by atoms with E-state index in [1.807, 2.05) is 0 Å². The quantitative estimate of drug-likeness (QED) is 0.292. The van der Waals surface area contributed by atoms with Gasteiger partial charge in [0, 0.05) is 17.1 Å². The second-order valence-corrected chi connectivity index (χ2v) is 8.80. The molecule has 0 aliphatic carbocycles. The maximum Gasteiger partial charge on any atom is 0.283 e. The van der Waals surface area contributed by atoms with Crippen molar-refractivity contribution in [2.24, 2.45) is 0 Å². The number of carbonyl (C=O) groups excluding carboxylic acids is 2. The third-order valence-corrected chi connectivity index (χ3v) is 6.39. The molecule has 4 aromatic rings. The van der Waals surface area contributed by atoms with Crippen molar-refractivity contribution < 1.29 is 9.59 Å². The van der Waals surface area contributed by atoms with Gasteiger partial charge in [0.15, 0.2) is 5.65 Å². The average Bonchev–Trinajstić information content (AvgIpc) is 2.80. The number of aryl methyl sites for hydroxylation is 1. The summed E-state index contributed by atoms with van der Waals surface area (Å²) in [6.07, 6.45) is 1.79. The Kier molecular flexibility index (Phi) is 6.96. The van der Waals surface area contributed by atoms with Crippen molar-refractivity contribution in [3.63, 3.8) is 0 Å². The van der Waals surface area contributed by atoms with E-state index in [0.29, 0.717) is 22.4 Å². The van der Waals surface area contributed by atoms with Gasteiger partial charge >= 0.3 is 0 Å². The Hall–Kier alpha value is -2.90. The number of amides is 2. The molecule has 4 rings (SSSR count). The molecular formula is C24H15Cl4N3O3. The minimum absolute atomic E-state index is 0.00230. The number of hydrogen-bond acceptors (Lipinski definition) is 4. The molecule has 2 amide bonds. The molecular weight excluding hydrogens is 520 g/mol. The summed E-state index contributed by atoms with van der Waals surface area (Å²) in [6.45, 7) is 1.78. The van der Waals surface area contributed by atoms with Gasteiger partial charge in [-0.2, -0.15) is 9.69 Å². The lowest BCUT2D eigenvalue weighted by atomic mass is 10.1. The van der Waals surface area contributed by atoms with Crippen LogP contribution in [0.25, 0.3) is 11.0 Å². The summed E-state index contributed by atoms with van der Waals surface area (Å²) in [6, 6.07) is 14.0. The van der Waals surface area contributed by atoms with E-state index < -0.39 is 17.4 Å². The third-order valence-electron chi connectivity index (χ3n) is 5.13. The van der Waals surface area contributed by atoms with Gasteiger partial charge in [0.05, 0.1) is 31.2 Å². The van der Waals surface area contributed by atoms with Crippen LogP contribution in [0.5, 0.6) is 0 Å². The smallest absolute Gasteiger partial charge is 0.267 e. The molecule has 0 aliphatic heterocycles. The number of pyridine rings is 2. The molecule has 0 N–H and O–H groups in total. The van der Waals surface area contributed by atoms with E-state index >= 15 is 0 Å². The molecule has 0 aliphatic rings. The maximum absolute atomic E-state index is 13.9. The normalized spacial score (nSPS) is 11.0. The van der Waals surface area contributed by atoms with Crippen LogP contribution in [0.2, 0.25) is 20.1 Å². The fraction of sp³-hybridized carbons (Fsp3) is 0.0833. The minimum Gasteiger partial charge on any atom is -0.267 e. The number of rotatable bonds is 4. The topological polar surface area (TPSA) is 72.3 Å². The van der Waals surface area contributed by atoms with Crippen LogP contribution in [-0.4, -0.2) is 21.5 Å². The van der Waals surface area contributed by atoms with Gasteiger partial charge in [-0.1, -0.05) is 65.5 Å². The Labute approximate surface area is 214 Å². The first-order chi connectivity index (χ1) is 16.3. The number of hydrogen-bond donors (Lipinski definition) is 0. The number of benzene rings is 2. The molecule has 0 saturated heterocycles. The van der Waals surface area contributed by atoms with E-state index in [-0.39, 0.29) is 36.9 Å². The van der Waals surface area contributed by atoms with Gasteiger partial charge in [-0.3, -0.25) is 14.4 Å². The van der Waals surface area contributed by atoms with Crippen LogP contribution in [0.15, 0.2) is 65.6 Å². The summed E-state index contributed by atoms with van der Waals surface area (Å²) in [7, 11) is 0. The van der Waals surface area contributed by atoms with E-state index in [0.717, 1.165) is 4.68 Å². The lowest BCUT2D eigenvalue weighted by Gasteiger charge is -2.25. The van der Waals surface area contributed by atoms with Gasteiger partial charge in [-0.05, 0) is 48.9 Å². The zero-order valence-corrected chi connectivity index (χ0v) is 20.6. The van der Waals surface area contributed by atoms with E-state index in [2.05, 4.69) is 4.98 Å². The van der Waals surface area contributed by atoms with Crippen molar-refractivity contribution >= 4 is 69.3 Å². The van der Waals surface area contributed by atoms with Crippen molar-refractivity contribution in [3.8, 4) is 0 Å². The van der Waals surface area contributed by atoms with Gasteiger partial charge < -0.3 is 0 Å². The fourth-order valence-corrected chi connectivity index (χ4v) is 4.63. The standard InChI is InChI=1S/C24H15Cl4N3O3/c1-2-13-12-14-6-5-11-29-21(14)30(22(13)32)31(23(33)19-15(25)7-3-8-16(19)26)24(34)20-17(27)9-4-10-18(20)28/h3-12H,2H2,1H3. The highest BCUT2D eigenvalue weighted by atomic mass is 35.5. The lowest BCUT2D eigenvalue weighted by molar-refractivity contribution is 0.0857. The molecule has 0 saturated carbocycles. The van der Waals surface area contributed by atoms with E-state index in [4.69, 9.17) is 46.4 Å². The van der Waals surface area contributed by atoms with Crippen molar-refractivity contribution in [1.29, 1.82) is 0 Å². The second kappa shape index (κ2) is 9.76. The molecule has 172 valence electrons. The molecule has 0 atom stereocenters. The highest BCUT2D eigenvalue weighted by Crippen LogP contribution is 2.29. The molecule has 10 heteroatoms. The monoisotopic (exact) mass is 533 g/mol. The predicted octanol–water partition coefficient (Wildman–Crippen LogP) is 6.19. The summed E-state index contributed by atoms with van der Waals surface area (Å²) in [5.74, 6) is -1.89.